The quantitative estimate of drug-likeness (QED) is 0.264. The zero-order chi connectivity index (χ0) is 24.9. The van der Waals surface area contributed by atoms with E-state index in [-0.39, 0.29) is 17.6 Å². The molecule has 4 aromatic heterocycles. The predicted octanol–water partition coefficient (Wildman–Crippen LogP) is 6.32. The number of anilines is 1. The molecule has 7 nitrogen and oxygen atoms in total. The van der Waals surface area contributed by atoms with Crippen LogP contribution in [-0.4, -0.2) is 31.1 Å². The standard InChI is InChI=1S/C29H21FN6O/c30-20-4-1-3-17(9-20)22-5-2-6-25-23(22)12-26(34-25)27-24-11-19(14-32-28(24)36-35-27)18-10-21(15-31-13-18)33-29(37)16-7-8-16/h1-6,9-16,34H,7-8H2,(H,33,37)(H,32,35,36). The molecule has 1 aliphatic carbocycles. The highest BCUT2D eigenvalue weighted by Gasteiger charge is 2.29. The molecule has 0 bridgehead atoms. The summed E-state index contributed by atoms with van der Waals surface area (Å²) in [5, 5.41) is 12.3. The number of halogens is 1. The van der Waals surface area contributed by atoms with Crippen LogP contribution in [0.1, 0.15) is 12.8 Å². The van der Waals surface area contributed by atoms with Gasteiger partial charge in [0, 0.05) is 45.7 Å². The number of aromatic amines is 2. The van der Waals surface area contributed by atoms with Crippen LogP contribution in [0.5, 0.6) is 0 Å². The number of H-pyrrole nitrogens is 2. The van der Waals surface area contributed by atoms with E-state index in [2.05, 4.69) is 30.5 Å². The first kappa shape index (κ1) is 21.4. The van der Waals surface area contributed by atoms with E-state index in [9.17, 15) is 9.18 Å². The van der Waals surface area contributed by atoms with E-state index in [1.807, 2.05) is 42.5 Å². The summed E-state index contributed by atoms with van der Waals surface area (Å²) in [6, 6.07) is 18.5. The summed E-state index contributed by atoms with van der Waals surface area (Å²) in [5.74, 6) is -0.109. The number of hydrogen-bond acceptors (Lipinski definition) is 4. The monoisotopic (exact) mass is 488 g/mol. The summed E-state index contributed by atoms with van der Waals surface area (Å²) in [4.78, 5) is 24.5. The van der Waals surface area contributed by atoms with Gasteiger partial charge in [0.15, 0.2) is 5.65 Å². The number of pyridine rings is 2. The number of carbonyl (C=O) groups excluding carboxylic acids is 1. The summed E-state index contributed by atoms with van der Waals surface area (Å²) < 4.78 is 13.9. The normalized spacial score (nSPS) is 13.3. The fourth-order valence-corrected chi connectivity index (χ4v) is 4.71. The second-order valence-corrected chi connectivity index (χ2v) is 9.38. The minimum Gasteiger partial charge on any atom is -0.353 e. The highest BCUT2D eigenvalue weighted by molar-refractivity contribution is 6.01. The number of nitrogens with one attached hydrogen (secondary N) is 3. The van der Waals surface area contributed by atoms with Gasteiger partial charge in [-0.3, -0.25) is 14.9 Å². The topological polar surface area (TPSA) is 99.3 Å². The van der Waals surface area contributed by atoms with E-state index in [1.54, 1.807) is 24.7 Å². The molecule has 1 fully saturated rings. The Morgan fingerprint density at radius 2 is 1.78 bits per heavy atom. The molecule has 0 saturated heterocycles. The van der Waals surface area contributed by atoms with Gasteiger partial charge in [-0.2, -0.15) is 5.10 Å². The zero-order valence-electron chi connectivity index (χ0n) is 19.6. The fraction of sp³-hybridized carbons (Fsp3) is 0.103. The molecule has 0 radical (unpaired) electrons. The lowest BCUT2D eigenvalue weighted by molar-refractivity contribution is -0.117. The smallest absolute Gasteiger partial charge is 0.227 e. The van der Waals surface area contributed by atoms with Gasteiger partial charge in [0.2, 0.25) is 5.91 Å². The molecule has 1 aliphatic rings. The average molecular weight is 489 g/mol. The summed E-state index contributed by atoms with van der Waals surface area (Å²) in [5.41, 5.74) is 7.28. The largest absolute Gasteiger partial charge is 0.353 e. The van der Waals surface area contributed by atoms with Crippen LogP contribution < -0.4 is 5.32 Å². The average Bonchev–Trinajstić information content (AvgIpc) is 3.55. The molecule has 0 spiro atoms. The minimum absolute atomic E-state index is 0.0427. The Morgan fingerprint density at radius 1 is 0.919 bits per heavy atom. The Bertz CT molecular complexity index is 1820. The van der Waals surface area contributed by atoms with Gasteiger partial charge < -0.3 is 10.3 Å². The first-order valence-electron chi connectivity index (χ1n) is 12.1. The highest BCUT2D eigenvalue weighted by Crippen LogP contribution is 2.35. The predicted molar refractivity (Wildman–Crippen MR) is 141 cm³/mol. The second-order valence-electron chi connectivity index (χ2n) is 9.38. The van der Waals surface area contributed by atoms with Gasteiger partial charge >= 0.3 is 0 Å². The summed E-state index contributed by atoms with van der Waals surface area (Å²) >= 11 is 0. The third-order valence-electron chi connectivity index (χ3n) is 6.76. The Hall–Kier alpha value is -4.85. The minimum atomic E-state index is -0.271. The molecule has 0 aliphatic heterocycles. The number of aromatic nitrogens is 5. The van der Waals surface area contributed by atoms with Gasteiger partial charge in [-0.05, 0) is 60.4 Å². The maximum absolute atomic E-state index is 13.9. The Morgan fingerprint density at radius 3 is 2.65 bits per heavy atom. The molecule has 0 unspecified atom stereocenters. The lowest BCUT2D eigenvalue weighted by atomic mass is 10.0. The first-order valence-corrected chi connectivity index (χ1v) is 12.1. The molecule has 2 aromatic carbocycles. The zero-order valence-corrected chi connectivity index (χ0v) is 19.6. The molecular weight excluding hydrogens is 467 g/mol. The molecule has 1 amide bonds. The number of nitrogens with zero attached hydrogens (tertiary/aromatic N) is 3. The van der Waals surface area contributed by atoms with Crippen LogP contribution in [0.15, 0.2) is 79.3 Å². The maximum Gasteiger partial charge on any atom is 0.227 e. The molecule has 1 saturated carbocycles. The summed E-state index contributed by atoms with van der Waals surface area (Å²) in [6.45, 7) is 0. The van der Waals surface area contributed by atoms with Crippen LogP contribution in [0.4, 0.5) is 10.1 Å². The van der Waals surface area contributed by atoms with Crippen molar-refractivity contribution >= 4 is 33.5 Å². The molecule has 4 heterocycles. The SMILES string of the molecule is O=C(Nc1cncc(-c2cnc3[nH]nc(-c4cc5c(-c6cccc(F)c6)cccc5[nH]4)c3c2)c1)C1CC1. The number of carbonyl (C=O) groups is 1. The van der Waals surface area contributed by atoms with Crippen molar-refractivity contribution in [3.8, 4) is 33.6 Å². The maximum atomic E-state index is 13.9. The molecule has 37 heavy (non-hydrogen) atoms. The third-order valence-corrected chi connectivity index (χ3v) is 6.76. The molecule has 6 aromatic rings. The fourth-order valence-electron chi connectivity index (χ4n) is 4.71. The first-order chi connectivity index (χ1) is 18.1. The molecule has 3 N–H and O–H groups in total. The summed E-state index contributed by atoms with van der Waals surface area (Å²) in [7, 11) is 0. The van der Waals surface area contributed by atoms with E-state index in [1.165, 1.54) is 12.1 Å². The van der Waals surface area contributed by atoms with Crippen molar-refractivity contribution in [1.82, 2.24) is 25.1 Å². The van der Waals surface area contributed by atoms with Gasteiger partial charge in [0.05, 0.1) is 17.6 Å². The lowest BCUT2D eigenvalue weighted by Crippen LogP contribution is -2.13. The Kier molecular flexibility index (Phi) is 4.85. The molecular formula is C29H21FN6O. The van der Waals surface area contributed by atoms with Crippen LogP contribution in [-0.2, 0) is 4.79 Å². The van der Waals surface area contributed by atoms with Crippen LogP contribution in [0.25, 0.3) is 55.6 Å². The number of amides is 1. The number of fused-ring (bicyclic) bond motifs is 2. The van der Waals surface area contributed by atoms with E-state index < -0.39 is 0 Å². The second kappa shape index (κ2) is 8.37. The van der Waals surface area contributed by atoms with Crippen LogP contribution >= 0.6 is 0 Å². The van der Waals surface area contributed by atoms with Crippen LogP contribution in [0, 0.1) is 11.7 Å². The Balaban J connectivity index is 1.28. The van der Waals surface area contributed by atoms with Crippen LogP contribution in [0.3, 0.4) is 0 Å². The molecule has 7 rings (SSSR count). The van der Waals surface area contributed by atoms with Crippen molar-refractivity contribution in [3.05, 3.63) is 85.1 Å². The number of hydrogen-bond donors (Lipinski definition) is 3. The molecule has 8 heteroatoms. The molecule has 0 atom stereocenters. The van der Waals surface area contributed by atoms with Gasteiger partial charge in [0.1, 0.15) is 11.5 Å². The summed E-state index contributed by atoms with van der Waals surface area (Å²) in [6.07, 6.45) is 7.06. The van der Waals surface area contributed by atoms with E-state index in [0.717, 1.165) is 62.8 Å². The van der Waals surface area contributed by atoms with Gasteiger partial charge in [-0.25, -0.2) is 9.37 Å². The van der Waals surface area contributed by atoms with Crippen molar-refractivity contribution in [2.75, 3.05) is 5.32 Å². The van der Waals surface area contributed by atoms with Crippen molar-refractivity contribution in [2.24, 2.45) is 5.92 Å². The lowest BCUT2D eigenvalue weighted by Gasteiger charge is -2.07. The van der Waals surface area contributed by atoms with Gasteiger partial charge in [-0.1, -0.05) is 24.3 Å². The van der Waals surface area contributed by atoms with Gasteiger partial charge in [-0.15, -0.1) is 0 Å². The number of benzene rings is 2. The van der Waals surface area contributed by atoms with E-state index in [4.69, 9.17) is 0 Å². The van der Waals surface area contributed by atoms with E-state index >= 15 is 0 Å². The third kappa shape index (κ3) is 3.92. The van der Waals surface area contributed by atoms with E-state index in [0.29, 0.717) is 11.3 Å². The van der Waals surface area contributed by atoms with Crippen molar-refractivity contribution < 1.29 is 9.18 Å². The van der Waals surface area contributed by atoms with Crippen molar-refractivity contribution in [1.29, 1.82) is 0 Å². The highest BCUT2D eigenvalue weighted by atomic mass is 19.1. The van der Waals surface area contributed by atoms with Crippen molar-refractivity contribution in [2.45, 2.75) is 12.8 Å². The number of rotatable bonds is 5. The molecule has 180 valence electrons. The van der Waals surface area contributed by atoms with Crippen molar-refractivity contribution in [3.63, 3.8) is 0 Å². The van der Waals surface area contributed by atoms with Crippen LogP contribution in [0.2, 0.25) is 0 Å². The Labute approximate surface area is 210 Å². The van der Waals surface area contributed by atoms with Gasteiger partial charge in [0.25, 0.3) is 0 Å².